The molecule has 0 unspecified atom stereocenters. The van der Waals surface area contributed by atoms with Crippen molar-refractivity contribution in [2.75, 3.05) is 5.32 Å². The smallest absolute Gasteiger partial charge is 0.223 e. The van der Waals surface area contributed by atoms with Gasteiger partial charge < -0.3 is 15.2 Å². The Labute approximate surface area is 101 Å². The molecule has 0 aromatic carbocycles. The molecule has 0 aliphatic carbocycles. The molecule has 0 radical (unpaired) electrons. The first kappa shape index (κ1) is 13.4. The van der Waals surface area contributed by atoms with E-state index in [1.807, 2.05) is 33.8 Å². The molecule has 0 saturated carbocycles. The van der Waals surface area contributed by atoms with Gasteiger partial charge in [-0.1, -0.05) is 13.8 Å². The van der Waals surface area contributed by atoms with Crippen LogP contribution < -0.4 is 10.4 Å². The number of carbonyl (C=O) groups excluding carboxylic acids is 1. The van der Waals surface area contributed by atoms with E-state index >= 15 is 0 Å². The van der Waals surface area contributed by atoms with E-state index in [2.05, 4.69) is 15.3 Å². The van der Waals surface area contributed by atoms with E-state index in [0.29, 0.717) is 12.4 Å². The number of nitrogens with one attached hydrogen (secondary N) is 1. The first-order chi connectivity index (χ1) is 7.88. The van der Waals surface area contributed by atoms with Gasteiger partial charge >= 0.3 is 0 Å². The minimum Gasteiger partial charge on any atom is -0.548 e. The van der Waals surface area contributed by atoms with Gasteiger partial charge in [0.15, 0.2) is 0 Å². The van der Waals surface area contributed by atoms with Crippen LogP contribution in [0.15, 0.2) is 6.07 Å². The lowest BCUT2D eigenvalue weighted by Gasteiger charge is -2.21. The largest absolute Gasteiger partial charge is 0.548 e. The van der Waals surface area contributed by atoms with Gasteiger partial charge in [-0.15, -0.1) is 0 Å². The maximum Gasteiger partial charge on any atom is 0.223 e. The number of hydrogen-bond acceptors (Lipinski definition) is 5. The second kappa shape index (κ2) is 5.61. The van der Waals surface area contributed by atoms with Gasteiger partial charge in [0.25, 0.3) is 0 Å². The minimum absolute atomic E-state index is 0.260. The van der Waals surface area contributed by atoms with Gasteiger partial charge in [0.1, 0.15) is 0 Å². The Kier molecular flexibility index (Phi) is 4.43. The second-order valence-electron chi connectivity index (χ2n) is 4.62. The fraction of sp³-hybridized carbons (Fsp3) is 0.583. The average Bonchev–Trinajstić information content (AvgIpc) is 2.13. The van der Waals surface area contributed by atoms with Crippen LogP contribution in [0, 0.1) is 19.8 Å². The van der Waals surface area contributed by atoms with Crippen molar-refractivity contribution in [3.8, 4) is 0 Å². The lowest BCUT2D eigenvalue weighted by atomic mass is 10.0. The van der Waals surface area contributed by atoms with Gasteiger partial charge in [-0.2, -0.15) is 0 Å². The first-order valence-corrected chi connectivity index (χ1v) is 5.68. The normalized spacial score (nSPS) is 12.5. The van der Waals surface area contributed by atoms with E-state index < -0.39 is 12.0 Å². The molecular weight excluding hydrogens is 218 g/mol. The highest BCUT2D eigenvalue weighted by Gasteiger charge is 2.13. The van der Waals surface area contributed by atoms with Crippen LogP contribution in [0.3, 0.4) is 0 Å². The number of nitrogens with zero attached hydrogens (tertiary/aromatic N) is 2. The summed E-state index contributed by atoms with van der Waals surface area (Å²) in [6, 6.07) is 1.08. The van der Waals surface area contributed by atoms with Crippen LogP contribution in [0.4, 0.5) is 5.95 Å². The van der Waals surface area contributed by atoms with Gasteiger partial charge in [0, 0.05) is 11.4 Å². The predicted molar refractivity (Wildman–Crippen MR) is 63.4 cm³/mol. The number of aliphatic carboxylic acids is 1. The highest BCUT2D eigenvalue weighted by atomic mass is 16.4. The van der Waals surface area contributed by atoms with Crippen LogP contribution in [0.1, 0.15) is 31.7 Å². The lowest BCUT2D eigenvalue weighted by Crippen LogP contribution is -2.42. The zero-order valence-electron chi connectivity index (χ0n) is 10.7. The predicted octanol–water partition coefficient (Wildman–Crippen LogP) is 0.670. The van der Waals surface area contributed by atoms with Crippen LogP contribution >= 0.6 is 0 Å². The van der Waals surface area contributed by atoms with Crippen LogP contribution in [0.2, 0.25) is 0 Å². The third-order valence-corrected chi connectivity index (χ3v) is 2.28. The third kappa shape index (κ3) is 4.38. The molecule has 5 nitrogen and oxygen atoms in total. The Hall–Kier alpha value is -1.65. The Balaban J connectivity index is 2.82. The van der Waals surface area contributed by atoms with Crippen LogP contribution in [0.5, 0.6) is 0 Å². The number of hydrogen-bond donors (Lipinski definition) is 1. The molecule has 0 fully saturated rings. The van der Waals surface area contributed by atoms with E-state index in [9.17, 15) is 9.90 Å². The van der Waals surface area contributed by atoms with Crippen LogP contribution in [-0.2, 0) is 4.79 Å². The van der Waals surface area contributed by atoms with Gasteiger partial charge in [0.2, 0.25) is 5.95 Å². The molecule has 1 rings (SSSR count). The molecule has 1 heterocycles. The highest BCUT2D eigenvalue weighted by Crippen LogP contribution is 2.10. The van der Waals surface area contributed by atoms with Gasteiger partial charge in [-0.3, -0.25) is 0 Å². The van der Waals surface area contributed by atoms with Gasteiger partial charge in [-0.25, -0.2) is 9.97 Å². The highest BCUT2D eigenvalue weighted by molar-refractivity contribution is 5.74. The van der Waals surface area contributed by atoms with Crippen molar-refractivity contribution in [3.05, 3.63) is 17.5 Å². The van der Waals surface area contributed by atoms with Crippen molar-refractivity contribution >= 4 is 11.9 Å². The van der Waals surface area contributed by atoms with Crippen molar-refractivity contribution in [2.24, 2.45) is 5.92 Å². The standard InChI is InChI=1S/C12H19N3O2/c1-7(2)5-10(11(16)17)15-12-13-8(3)6-9(4)14-12/h6-7,10H,5H2,1-4H3,(H,16,17)(H,13,14,15)/p-1/t10-/m0/s1. The molecular formula is C12H18N3O2-. The summed E-state index contributed by atoms with van der Waals surface area (Å²) < 4.78 is 0. The van der Waals surface area contributed by atoms with Crippen molar-refractivity contribution < 1.29 is 9.90 Å². The summed E-state index contributed by atoms with van der Waals surface area (Å²) in [6.45, 7) is 7.60. The minimum atomic E-state index is -1.12. The molecule has 1 N–H and O–H groups in total. The first-order valence-electron chi connectivity index (χ1n) is 5.68. The summed E-state index contributed by atoms with van der Waals surface area (Å²) >= 11 is 0. The lowest BCUT2D eigenvalue weighted by molar-refractivity contribution is -0.307. The van der Waals surface area contributed by atoms with Crippen LogP contribution in [0.25, 0.3) is 0 Å². The second-order valence-corrected chi connectivity index (χ2v) is 4.62. The zero-order chi connectivity index (χ0) is 13.0. The molecule has 1 aromatic heterocycles. The average molecular weight is 236 g/mol. The van der Waals surface area contributed by atoms with Gasteiger partial charge in [0.05, 0.1) is 12.0 Å². The molecule has 0 aliphatic rings. The molecule has 5 heteroatoms. The fourth-order valence-electron chi connectivity index (χ4n) is 1.63. The van der Waals surface area contributed by atoms with Crippen molar-refractivity contribution in [2.45, 2.75) is 40.2 Å². The van der Waals surface area contributed by atoms with Crippen molar-refractivity contribution in [1.29, 1.82) is 0 Å². The van der Waals surface area contributed by atoms with E-state index in [0.717, 1.165) is 11.4 Å². The molecule has 17 heavy (non-hydrogen) atoms. The zero-order valence-corrected chi connectivity index (χ0v) is 10.7. The number of aromatic nitrogens is 2. The van der Waals surface area contributed by atoms with Crippen LogP contribution in [-0.4, -0.2) is 22.0 Å². The Morgan fingerprint density at radius 3 is 2.29 bits per heavy atom. The van der Waals surface area contributed by atoms with Crippen molar-refractivity contribution in [1.82, 2.24) is 9.97 Å². The molecule has 0 bridgehead atoms. The van der Waals surface area contributed by atoms with E-state index in [1.54, 1.807) is 0 Å². The third-order valence-electron chi connectivity index (χ3n) is 2.28. The topological polar surface area (TPSA) is 77.9 Å². The quantitative estimate of drug-likeness (QED) is 0.813. The Morgan fingerprint density at radius 2 is 1.88 bits per heavy atom. The number of rotatable bonds is 5. The Bertz CT molecular complexity index is 384. The number of carbonyl (C=O) groups is 1. The molecule has 1 aromatic rings. The Morgan fingerprint density at radius 1 is 1.35 bits per heavy atom. The monoisotopic (exact) mass is 236 g/mol. The molecule has 0 spiro atoms. The number of aryl methyl sites for hydroxylation is 2. The summed E-state index contributed by atoms with van der Waals surface area (Å²) in [4.78, 5) is 19.3. The molecule has 0 aliphatic heterocycles. The number of anilines is 1. The van der Waals surface area contributed by atoms with Gasteiger partial charge in [-0.05, 0) is 32.3 Å². The number of carboxylic acid groups (broad SMARTS) is 1. The molecule has 94 valence electrons. The maximum absolute atomic E-state index is 11.0. The molecule has 0 amide bonds. The summed E-state index contributed by atoms with van der Waals surface area (Å²) in [5.74, 6) is -0.518. The molecule has 1 atom stereocenters. The van der Waals surface area contributed by atoms with E-state index in [4.69, 9.17) is 0 Å². The number of carboxylic acids is 1. The summed E-state index contributed by atoms with van der Waals surface area (Å²) in [6.07, 6.45) is 0.485. The van der Waals surface area contributed by atoms with E-state index in [-0.39, 0.29) is 5.92 Å². The SMILES string of the molecule is Cc1cc(C)nc(N[C@@H](CC(C)C)C(=O)[O-])n1. The summed E-state index contributed by atoms with van der Waals surface area (Å²) in [5.41, 5.74) is 1.61. The van der Waals surface area contributed by atoms with Crippen molar-refractivity contribution in [3.63, 3.8) is 0 Å². The summed E-state index contributed by atoms with van der Waals surface area (Å²) in [5, 5.41) is 13.8. The molecule has 0 saturated heterocycles. The summed E-state index contributed by atoms with van der Waals surface area (Å²) in [7, 11) is 0. The fourth-order valence-corrected chi connectivity index (χ4v) is 1.63. The maximum atomic E-state index is 11.0. The van der Waals surface area contributed by atoms with E-state index in [1.165, 1.54) is 0 Å².